The molecule has 0 amide bonds. The molecular formula is C17H20FNOS. The van der Waals surface area contributed by atoms with Crippen molar-refractivity contribution in [2.45, 2.75) is 25.1 Å². The largest absolute Gasteiger partial charge is 0.382 e. The van der Waals surface area contributed by atoms with E-state index in [2.05, 4.69) is 5.32 Å². The van der Waals surface area contributed by atoms with E-state index in [1.54, 1.807) is 18.4 Å². The highest BCUT2D eigenvalue weighted by atomic mass is 32.2. The minimum atomic E-state index is -0.883. The first kappa shape index (κ1) is 15.7. The normalized spacial score (nSPS) is 13.7. The molecule has 0 bridgehead atoms. The SMILES string of the molecule is C[C@H](Cc1ccccc1F)Nc1ccccc1C[S@@](C)=O. The van der Waals surface area contributed by atoms with Crippen molar-refractivity contribution in [3.05, 3.63) is 65.5 Å². The molecule has 2 aromatic rings. The van der Waals surface area contributed by atoms with Gasteiger partial charge in [0.05, 0.1) is 5.75 Å². The summed E-state index contributed by atoms with van der Waals surface area (Å²) in [5.74, 6) is 0.351. The molecule has 0 saturated heterocycles. The number of anilines is 1. The van der Waals surface area contributed by atoms with Crippen molar-refractivity contribution in [2.24, 2.45) is 0 Å². The van der Waals surface area contributed by atoms with Crippen molar-refractivity contribution < 1.29 is 8.60 Å². The van der Waals surface area contributed by atoms with Crippen LogP contribution in [0.1, 0.15) is 18.1 Å². The fraction of sp³-hybridized carbons (Fsp3) is 0.294. The van der Waals surface area contributed by atoms with Gasteiger partial charge in [0.2, 0.25) is 0 Å². The summed E-state index contributed by atoms with van der Waals surface area (Å²) in [6, 6.07) is 14.8. The molecule has 0 aliphatic carbocycles. The van der Waals surface area contributed by atoms with Crippen LogP contribution in [0.25, 0.3) is 0 Å². The third-order valence-corrected chi connectivity index (χ3v) is 3.98. The Balaban J connectivity index is 2.08. The lowest BCUT2D eigenvalue weighted by Crippen LogP contribution is -2.19. The molecule has 0 aromatic heterocycles. The molecule has 4 heteroatoms. The Morgan fingerprint density at radius 3 is 2.38 bits per heavy atom. The fourth-order valence-electron chi connectivity index (χ4n) is 2.32. The van der Waals surface area contributed by atoms with Gasteiger partial charge in [0, 0.05) is 28.8 Å². The van der Waals surface area contributed by atoms with Gasteiger partial charge >= 0.3 is 0 Å². The molecule has 0 spiro atoms. The van der Waals surface area contributed by atoms with E-state index in [0.29, 0.717) is 17.7 Å². The topological polar surface area (TPSA) is 29.1 Å². The van der Waals surface area contributed by atoms with Gasteiger partial charge in [0.25, 0.3) is 0 Å². The van der Waals surface area contributed by atoms with Gasteiger partial charge in [-0.15, -0.1) is 0 Å². The van der Waals surface area contributed by atoms with Crippen molar-refractivity contribution in [3.63, 3.8) is 0 Å². The Kier molecular flexibility index (Phi) is 5.51. The lowest BCUT2D eigenvalue weighted by atomic mass is 10.1. The third kappa shape index (κ3) is 4.67. The van der Waals surface area contributed by atoms with Crippen LogP contribution in [0.2, 0.25) is 0 Å². The lowest BCUT2D eigenvalue weighted by molar-refractivity contribution is 0.601. The Morgan fingerprint density at radius 2 is 1.71 bits per heavy atom. The molecule has 0 aliphatic rings. The molecule has 0 radical (unpaired) electrons. The maximum atomic E-state index is 13.7. The quantitative estimate of drug-likeness (QED) is 0.880. The smallest absolute Gasteiger partial charge is 0.126 e. The lowest BCUT2D eigenvalue weighted by Gasteiger charge is -2.18. The third-order valence-electron chi connectivity index (χ3n) is 3.26. The average molecular weight is 305 g/mol. The highest BCUT2D eigenvalue weighted by Gasteiger charge is 2.10. The maximum absolute atomic E-state index is 13.7. The standard InChI is InChI=1S/C17H20FNOS/c1-13(11-14-7-3-5-9-16(14)18)19-17-10-6-4-8-15(17)12-21(2)20/h3-10,13,19H,11-12H2,1-2H3/t13-,21-/m1/s1. The van der Waals surface area contributed by atoms with E-state index in [-0.39, 0.29) is 11.9 Å². The summed E-state index contributed by atoms with van der Waals surface area (Å²) < 4.78 is 25.1. The number of hydrogen-bond acceptors (Lipinski definition) is 2. The minimum Gasteiger partial charge on any atom is -0.382 e. The van der Waals surface area contributed by atoms with Crippen LogP contribution in [0, 0.1) is 5.82 Å². The van der Waals surface area contributed by atoms with E-state index in [0.717, 1.165) is 11.3 Å². The molecule has 0 heterocycles. The highest BCUT2D eigenvalue weighted by molar-refractivity contribution is 7.83. The molecule has 112 valence electrons. The number of rotatable bonds is 6. The highest BCUT2D eigenvalue weighted by Crippen LogP contribution is 2.19. The number of nitrogens with one attached hydrogen (secondary N) is 1. The van der Waals surface area contributed by atoms with Crippen molar-refractivity contribution in [3.8, 4) is 0 Å². The molecule has 2 nitrogen and oxygen atoms in total. The zero-order valence-electron chi connectivity index (χ0n) is 12.3. The van der Waals surface area contributed by atoms with Gasteiger partial charge in [-0.2, -0.15) is 0 Å². The van der Waals surface area contributed by atoms with Crippen LogP contribution >= 0.6 is 0 Å². The second-order valence-electron chi connectivity index (χ2n) is 5.22. The molecule has 0 unspecified atom stereocenters. The van der Waals surface area contributed by atoms with E-state index in [1.165, 1.54) is 6.07 Å². The van der Waals surface area contributed by atoms with Crippen molar-refractivity contribution in [1.82, 2.24) is 0 Å². The van der Waals surface area contributed by atoms with Gasteiger partial charge in [0.15, 0.2) is 0 Å². The second kappa shape index (κ2) is 7.36. The van der Waals surface area contributed by atoms with Gasteiger partial charge < -0.3 is 5.32 Å². The molecule has 1 N–H and O–H groups in total. The molecule has 2 aromatic carbocycles. The van der Waals surface area contributed by atoms with Gasteiger partial charge in [-0.3, -0.25) is 4.21 Å². The molecular weight excluding hydrogens is 285 g/mol. The first-order chi connectivity index (χ1) is 10.1. The van der Waals surface area contributed by atoms with Gasteiger partial charge in [-0.25, -0.2) is 4.39 Å². The Bertz CT molecular complexity index is 630. The van der Waals surface area contributed by atoms with E-state index < -0.39 is 10.8 Å². The van der Waals surface area contributed by atoms with Crippen molar-refractivity contribution in [2.75, 3.05) is 11.6 Å². The van der Waals surface area contributed by atoms with Crippen LogP contribution in [-0.4, -0.2) is 16.5 Å². The summed E-state index contributed by atoms with van der Waals surface area (Å²) in [5.41, 5.74) is 2.70. The molecule has 0 fully saturated rings. The van der Waals surface area contributed by atoms with Crippen LogP contribution in [0.15, 0.2) is 48.5 Å². The predicted octanol–water partition coefficient (Wildman–Crippen LogP) is 3.75. The van der Waals surface area contributed by atoms with Crippen LogP contribution in [-0.2, 0) is 23.0 Å². The van der Waals surface area contributed by atoms with Gasteiger partial charge in [0.1, 0.15) is 5.82 Å². The maximum Gasteiger partial charge on any atom is 0.126 e. The van der Waals surface area contributed by atoms with Crippen LogP contribution in [0.3, 0.4) is 0 Å². The van der Waals surface area contributed by atoms with Crippen LogP contribution < -0.4 is 5.32 Å². The van der Waals surface area contributed by atoms with Gasteiger partial charge in [-0.05, 0) is 36.6 Å². The molecule has 2 rings (SSSR count). The first-order valence-corrected chi connectivity index (χ1v) is 8.67. The number of halogens is 1. The summed E-state index contributed by atoms with van der Waals surface area (Å²) in [7, 11) is -0.883. The van der Waals surface area contributed by atoms with E-state index in [9.17, 15) is 8.60 Å². The Morgan fingerprint density at radius 1 is 1.10 bits per heavy atom. The Labute approximate surface area is 127 Å². The first-order valence-electron chi connectivity index (χ1n) is 6.94. The number of hydrogen-bond donors (Lipinski definition) is 1. The summed E-state index contributed by atoms with van der Waals surface area (Å²) in [4.78, 5) is 0. The number of benzene rings is 2. The molecule has 21 heavy (non-hydrogen) atoms. The minimum absolute atomic E-state index is 0.0911. The van der Waals surface area contributed by atoms with Crippen LogP contribution in [0.5, 0.6) is 0 Å². The Hall–Kier alpha value is -1.68. The fourth-order valence-corrected chi connectivity index (χ4v) is 3.01. The monoisotopic (exact) mass is 305 g/mol. The second-order valence-corrected chi connectivity index (χ2v) is 6.65. The van der Waals surface area contributed by atoms with Gasteiger partial charge in [-0.1, -0.05) is 36.4 Å². The number of para-hydroxylation sites is 1. The molecule has 0 saturated carbocycles. The van der Waals surface area contributed by atoms with E-state index >= 15 is 0 Å². The average Bonchev–Trinajstić information content (AvgIpc) is 2.43. The van der Waals surface area contributed by atoms with Crippen molar-refractivity contribution >= 4 is 16.5 Å². The van der Waals surface area contributed by atoms with Crippen LogP contribution in [0.4, 0.5) is 10.1 Å². The van der Waals surface area contributed by atoms with E-state index in [1.807, 2.05) is 37.3 Å². The van der Waals surface area contributed by atoms with E-state index in [4.69, 9.17) is 0 Å². The molecule has 0 aliphatic heterocycles. The summed E-state index contributed by atoms with van der Waals surface area (Å²) >= 11 is 0. The van der Waals surface area contributed by atoms with Crippen molar-refractivity contribution in [1.29, 1.82) is 0 Å². The summed E-state index contributed by atoms with van der Waals surface area (Å²) in [5, 5.41) is 3.39. The zero-order chi connectivity index (χ0) is 15.2. The summed E-state index contributed by atoms with van der Waals surface area (Å²) in [6.07, 6.45) is 2.30. The zero-order valence-corrected chi connectivity index (χ0v) is 13.1. The summed E-state index contributed by atoms with van der Waals surface area (Å²) in [6.45, 7) is 2.02. The molecule has 2 atom stereocenters. The predicted molar refractivity (Wildman–Crippen MR) is 87.4 cm³/mol.